The van der Waals surface area contributed by atoms with Crippen LogP contribution in [0.3, 0.4) is 0 Å². The van der Waals surface area contributed by atoms with Crippen LogP contribution in [0.5, 0.6) is 0 Å². The molecule has 0 aliphatic carbocycles. The van der Waals surface area contributed by atoms with Crippen molar-refractivity contribution in [3.8, 4) is 0 Å². The van der Waals surface area contributed by atoms with Crippen molar-refractivity contribution in [1.29, 1.82) is 0 Å². The van der Waals surface area contributed by atoms with Crippen LogP contribution >= 0.6 is 0 Å². The SMILES string of the molecule is CC(=O)O[Si](CCCCc1ccccc1)OC(C)=O. The Balaban J connectivity index is 2.27. The smallest absolute Gasteiger partial charge is 0.483 e. The zero-order valence-corrected chi connectivity index (χ0v) is 12.3. The average Bonchev–Trinajstić information content (AvgIpc) is 2.34. The summed E-state index contributed by atoms with van der Waals surface area (Å²) in [6, 6.07) is 10.8. The molecule has 0 N–H and O–H groups in total. The van der Waals surface area contributed by atoms with E-state index in [1.165, 1.54) is 19.4 Å². The summed E-state index contributed by atoms with van der Waals surface area (Å²) in [7, 11) is -1.80. The zero-order valence-electron chi connectivity index (χ0n) is 11.3. The van der Waals surface area contributed by atoms with Gasteiger partial charge in [-0.2, -0.15) is 0 Å². The Morgan fingerprint density at radius 3 is 2.11 bits per heavy atom. The van der Waals surface area contributed by atoms with Gasteiger partial charge in [0.1, 0.15) is 0 Å². The molecule has 5 heteroatoms. The Kier molecular flexibility index (Phi) is 6.88. The van der Waals surface area contributed by atoms with Gasteiger partial charge >= 0.3 is 9.28 Å². The highest BCUT2D eigenvalue weighted by molar-refractivity contribution is 6.48. The van der Waals surface area contributed by atoms with Crippen molar-refractivity contribution < 1.29 is 18.4 Å². The maximum Gasteiger partial charge on any atom is 0.536 e. The standard InChI is InChI=1S/C14H19O4Si/c1-12(15)17-19(18-13(2)16)11-7-6-10-14-8-4-3-5-9-14/h3-5,8-9H,6-7,10-11H2,1-2H3. The minimum atomic E-state index is -1.80. The fourth-order valence-electron chi connectivity index (χ4n) is 1.69. The maximum atomic E-state index is 10.9. The third-order valence-corrected chi connectivity index (χ3v) is 4.25. The molecule has 0 unspecified atom stereocenters. The van der Waals surface area contributed by atoms with Crippen LogP contribution in [-0.2, 0) is 24.9 Å². The number of unbranched alkanes of at least 4 members (excludes halogenated alkanes) is 1. The van der Waals surface area contributed by atoms with Crippen LogP contribution in [0.2, 0.25) is 6.04 Å². The van der Waals surface area contributed by atoms with Gasteiger partial charge < -0.3 is 8.85 Å². The van der Waals surface area contributed by atoms with Crippen LogP contribution in [0.25, 0.3) is 0 Å². The van der Waals surface area contributed by atoms with Gasteiger partial charge in [-0.1, -0.05) is 30.3 Å². The number of benzene rings is 1. The van der Waals surface area contributed by atoms with Gasteiger partial charge in [-0.25, -0.2) is 0 Å². The summed E-state index contributed by atoms with van der Waals surface area (Å²) in [6.07, 6.45) is 2.85. The molecule has 1 radical (unpaired) electrons. The van der Waals surface area contributed by atoms with Crippen LogP contribution in [0.1, 0.15) is 32.3 Å². The normalized spacial score (nSPS) is 10.3. The van der Waals surface area contributed by atoms with Gasteiger partial charge in [-0.05, 0) is 24.8 Å². The fourth-order valence-corrected chi connectivity index (χ4v) is 3.11. The lowest BCUT2D eigenvalue weighted by atomic mass is 10.1. The molecule has 1 aromatic carbocycles. The maximum absolute atomic E-state index is 10.9. The number of rotatable bonds is 7. The molecular formula is C14H19O4Si. The number of hydrogen-bond acceptors (Lipinski definition) is 4. The Morgan fingerprint density at radius 1 is 1.00 bits per heavy atom. The van der Waals surface area contributed by atoms with Crippen molar-refractivity contribution in [2.75, 3.05) is 0 Å². The van der Waals surface area contributed by atoms with E-state index < -0.39 is 21.2 Å². The molecule has 19 heavy (non-hydrogen) atoms. The number of carbonyl (C=O) groups is 2. The lowest BCUT2D eigenvalue weighted by Gasteiger charge is -2.12. The van der Waals surface area contributed by atoms with Gasteiger partial charge in [-0.3, -0.25) is 9.59 Å². The molecule has 0 heterocycles. The highest BCUT2D eigenvalue weighted by Gasteiger charge is 2.22. The van der Waals surface area contributed by atoms with Crippen molar-refractivity contribution >= 4 is 21.2 Å². The molecule has 4 nitrogen and oxygen atoms in total. The minimum absolute atomic E-state index is 0.391. The summed E-state index contributed by atoms with van der Waals surface area (Å²) in [5, 5.41) is 0. The van der Waals surface area contributed by atoms with Crippen LogP contribution < -0.4 is 0 Å². The predicted octanol–water partition coefficient (Wildman–Crippen LogP) is 2.62. The van der Waals surface area contributed by atoms with Gasteiger partial charge in [0.25, 0.3) is 11.9 Å². The molecule has 0 aliphatic heterocycles. The Morgan fingerprint density at radius 2 is 1.58 bits per heavy atom. The number of carbonyl (C=O) groups excluding carboxylic acids is 2. The summed E-state index contributed by atoms with van der Waals surface area (Å²) in [5.74, 6) is -0.781. The second-order valence-electron chi connectivity index (χ2n) is 4.25. The molecular weight excluding hydrogens is 260 g/mol. The van der Waals surface area contributed by atoms with Crippen LogP contribution in [0.15, 0.2) is 30.3 Å². The minimum Gasteiger partial charge on any atom is -0.483 e. The van der Waals surface area contributed by atoms with E-state index in [0.29, 0.717) is 6.04 Å². The van der Waals surface area contributed by atoms with E-state index in [4.69, 9.17) is 8.85 Å². The topological polar surface area (TPSA) is 52.6 Å². The van der Waals surface area contributed by atoms with Crippen LogP contribution in [0.4, 0.5) is 0 Å². The van der Waals surface area contributed by atoms with E-state index in [0.717, 1.165) is 19.3 Å². The molecule has 0 fully saturated rings. The van der Waals surface area contributed by atoms with E-state index in [2.05, 4.69) is 12.1 Å². The largest absolute Gasteiger partial charge is 0.536 e. The van der Waals surface area contributed by atoms with Crippen molar-refractivity contribution in [3.05, 3.63) is 35.9 Å². The van der Waals surface area contributed by atoms with Gasteiger partial charge in [0.15, 0.2) is 0 Å². The quantitative estimate of drug-likeness (QED) is 0.569. The molecule has 0 aromatic heterocycles. The summed E-state index contributed by atoms with van der Waals surface area (Å²) < 4.78 is 10.1. The van der Waals surface area contributed by atoms with E-state index in [9.17, 15) is 9.59 Å². The van der Waals surface area contributed by atoms with E-state index in [-0.39, 0.29) is 0 Å². The van der Waals surface area contributed by atoms with Crippen molar-refractivity contribution in [1.82, 2.24) is 0 Å². The molecule has 1 rings (SSSR count). The van der Waals surface area contributed by atoms with Gasteiger partial charge in [0.05, 0.1) is 0 Å². The lowest BCUT2D eigenvalue weighted by Crippen LogP contribution is -2.27. The molecule has 0 aliphatic rings. The molecule has 0 saturated heterocycles. The van der Waals surface area contributed by atoms with Crippen LogP contribution in [-0.4, -0.2) is 21.2 Å². The molecule has 0 amide bonds. The molecule has 0 spiro atoms. The molecule has 0 atom stereocenters. The second kappa shape index (κ2) is 8.47. The third kappa shape index (κ3) is 7.41. The first-order valence-electron chi connectivity index (χ1n) is 6.34. The first-order chi connectivity index (χ1) is 9.08. The summed E-state index contributed by atoms with van der Waals surface area (Å²) >= 11 is 0. The first-order valence-corrected chi connectivity index (χ1v) is 7.87. The van der Waals surface area contributed by atoms with Gasteiger partial charge in [0, 0.05) is 19.9 Å². The summed E-state index contributed by atoms with van der Waals surface area (Å²) in [4.78, 5) is 21.8. The molecule has 0 saturated carbocycles. The van der Waals surface area contributed by atoms with E-state index in [1.54, 1.807) is 0 Å². The first kappa shape index (κ1) is 15.4. The number of aryl methyl sites for hydroxylation is 1. The monoisotopic (exact) mass is 279 g/mol. The molecule has 103 valence electrons. The fraction of sp³-hybridized carbons (Fsp3) is 0.429. The second-order valence-corrected chi connectivity index (χ2v) is 5.90. The zero-order chi connectivity index (χ0) is 14.1. The van der Waals surface area contributed by atoms with Crippen molar-refractivity contribution in [2.24, 2.45) is 0 Å². The van der Waals surface area contributed by atoms with Gasteiger partial charge in [0.2, 0.25) is 0 Å². The van der Waals surface area contributed by atoms with Crippen molar-refractivity contribution in [3.63, 3.8) is 0 Å². The summed E-state index contributed by atoms with van der Waals surface area (Å²) in [5.41, 5.74) is 1.29. The van der Waals surface area contributed by atoms with E-state index in [1.807, 2.05) is 18.2 Å². The van der Waals surface area contributed by atoms with Crippen LogP contribution in [0, 0.1) is 0 Å². The van der Waals surface area contributed by atoms with Gasteiger partial charge in [-0.15, -0.1) is 0 Å². The van der Waals surface area contributed by atoms with E-state index >= 15 is 0 Å². The Labute approximate surface area is 115 Å². The molecule has 0 bridgehead atoms. The Hall–Kier alpha value is -1.62. The molecule has 1 aromatic rings. The predicted molar refractivity (Wildman–Crippen MR) is 73.5 cm³/mol. The van der Waals surface area contributed by atoms with Crippen molar-refractivity contribution in [2.45, 2.75) is 39.2 Å². The highest BCUT2D eigenvalue weighted by Crippen LogP contribution is 2.10. The third-order valence-electron chi connectivity index (χ3n) is 2.45. The average molecular weight is 279 g/mol. The Bertz CT molecular complexity index is 389. The highest BCUT2D eigenvalue weighted by atomic mass is 28.3. The number of hydrogen-bond donors (Lipinski definition) is 0. The summed E-state index contributed by atoms with van der Waals surface area (Å²) in [6.45, 7) is 2.66. The lowest BCUT2D eigenvalue weighted by molar-refractivity contribution is -0.137.